The van der Waals surface area contributed by atoms with Gasteiger partial charge in [-0.2, -0.15) is 9.61 Å². The molecule has 0 aliphatic carbocycles. The molecule has 0 saturated heterocycles. The summed E-state index contributed by atoms with van der Waals surface area (Å²) in [6, 6.07) is 3.85. The van der Waals surface area contributed by atoms with E-state index in [2.05, 4.69) is 15.3 Å². The van der Waals surface area contributed by atoms with Crippen molar-refractivity contribution in [1.82, 2.24) is 19.8 Å². The molecule has 74 valence electrons. The lowest BCUT2D eigenvalue weighted by atomic mass is 10.3. The fourth-order valence-electron chi connectivity index (χ4n) is 1.34. The van der Waals surface area contributed by atoms with Crippen molar-refractivity contribution in [3.05, 3.63) is 23.7 Å². The van der Waals surface area contributed by atoms with E-state index in [1.165, 1.54) is 0 Å². The molecule has 0 atom stereocenters. The van der Waals surface area contributed by atoms with Crippen LogP contribution in [0.4, 0.5) is 0 Å². The van der Waals surface area contributed by atoms with E-state index < -0.39 is 0 Å². The smallest absolute Gasteiger partial charge is 0.177 e. The molecule has 5 nitrogen and oxygen atoms in total. The molecule has 14 heavy (non-hydrogen) atoms. The first-order chi connectivity index (χ1) is 6.81. The van der Waals surface area contributed by atoms with Gasteiger partial charge in [-0.25, -0.2) is 0 Å². The van der Waals surface area contributed by atoms with Crippen molar-refractivity contribution in [2.45, 2.75) is 19.8 Å². The van der Waals surface area contributed by atoms with Gasteiger partial charge >= 0.3 is 0 Å². The Hall–Kier alpha value is -1.49. The van der Waals surface area contributed by atoms with Gasteiger partial charge in [-0.3, -0.25) is 0 Å². The first-order valence-electron chi connectivity index (χ1n) is 4.69. The lowest BCUT2D eigenvalue weighted by molar-refractivity contribution is 0.734. The first kappa shape index (κ1) is 9.08. The standard InChI is InChI=1S/C9H13N5/c1-7-4-5-9-12-11-8(3-2-6-10)14(9)13-7/h4-5H,2-3,6,10H2,1H3. The largest absolute Gasteiger partial charge is 0.330 e. The fourth-order valence-corrected chi connectivity index (χ4v) is 1.34. The molecule has 0 radical (unpaired) electrons. The minimum atomic E-state index is 0.667. The van der Waals surface area contributed by atoms with Crippen molar-refractivity contribution in [2.75, 3.05) is 6.54 Å². The van der Waals surface area contributed by atoms with Crippen LogP contribution in [0, 0.1) is 6.92 Å². The molecule has 0 amide bonds. The summed E-state index contributed by atoms with van der Waals surface area (Å²) in [7, 11) is 0. The molecule has 0 bridgehead atoms. The van der Waals surface area contributed by atoms with Crippen LogP contribution >= 0.6 is 0 Å². The number of aryl methyl sites for hydroxylation is 2. The van der Waals surface area contributed by atoms with Crippen molar-refractivity contribution < 1.29 is 0 Å². The number of aromatic nitrogens is 4. The molecule has 0 spiro atoms. The Morgan fingerprint density at radius 2 is 2.21 bits per heavy atom. The van der Waals surface area contributed by atoms with Gasteiger partial charge in [0.05, 0.1) is 5.69 Å². The van der Waals surface area contributed by atoms with E-state index in [-0.39, 0.29) is 0 Å². The lowest BCUT2D eigenvalue weighted by Crippen LogP contribution is -2.05. The number of hydrogen-bond donors (Lipinski definition) is 1. The monoisotopic (exact) mass is 191 g/mol. The minimum absolute atomic E-state index is 0.667. The highest BCUT2D eigenvalue weighted by atomic mass is 15.4. The molecule has 2 aromatic heterocycles. The number of nitrogens with zero attached hydrogens (tertiary/aromatic N) is 4. The fraction of sp³-hybridized carbons (Fsp3) is 0.444. The topological polar surface area (TPSA) is 69.1 Å². The third kappa shape index (κ3) is 1.58. The van der Waals surface area contributed by atoms with Crippen LogP contribution in [-0.2, 0) is 6.42 Å². The molecule has 5 heteroatoms. The van der Waals surface area contributed by atoms with Gasteiger partial charge in [0.2, 0.25) is 0 Å². The molecular formula is C9H13N5. The Morgan fingerprint density at radius 1 is 1.36 bits per heavy atom. The van der Waals surface area contributed by atoms with Crippen molar-refractivity contribution in [1.29, 1.82) is 0 Å². The lowest BCUT2D eigenvalue weighted by Gasteiger charge is -1.98. The molecule has 2 aromatic rings. The Kier molecular flexibility index (Phi) is 2.41. The SMILES string of the molecule is Cc1ccc2nnc(CCCN)n2n1. The van der Waals surface area contributed by atoms with Crippen LogP contribution in [0.3, 0.4) is 0 Å². The molecule has 2 heterocycles. The number of hydrogen-bond acceptors (Lipinski definition) is 4. The molecular weight excluding hydrogens is 178 g/mol. The van der Waals surface area contributed by atoms with Crippen LogP contribution in [0.25, 0.3) is 5.65 Å². The van der Waals surface area contributed by atoms with Crippen molar-refractivity contribution in [2.24, 2.45) is 5.73 Å². The first-order valence-corrected chi connectivity index (χ1v) is 4.69. The van der Waals surface area contributed by atoms with Gasteiger partial charge in [-0.15, -0.1) is 10.2 Å². The summed E-state index contributed by atoms with van der Waals surface area (Å²) in [5.41, 5.74) is 7.20. The van der Waals surface area contributed by atoms with Gasteiger partial charge in [0, 0.05) is 6.42 Å². The predicted molar refractivity (Wildman–Crippen MR) is 52.9 cm³/mol. The molecule has 0 saturated carbocycles. The highest BCUT2D eigenvalue weighted by Crippen LogP contribution is 2.04. The predicted octanol–water partition coefficient (Wildman–Crippen LogP) is 0.324. The molecule has 0 aliphatic heterocycles. The van der Waals surface area contributed by atoms with Gasteiger partial charge in [0.25, 0.3) is 0 Å². The van der Waals surface area contributed by atoms with Crippen LogP contribution in [0.5, 0.6) is 0 Å². The van der Waals surface area contributed by atoms with Gasteiger partial charge in [0.15, 0.2) is 11.5 Å². The van der Waals surface area contributed by atoms with E-state index in [4.69, 9.17) is 5.73 Å². The van der Waals surface area contributed by atoms with E-state index in [0.29, 0.717) is 6.54 Å². The second-order valence-electron chi connectivity index (χ2n) is 3.25. The Labute approximate surface area is 81.9 Å². The Morgan fingerprint density at radius 3 is 3.00 bits per heavy atom. The molecule has 0 aromatic carbocycles. The second-order valence-corrected chi connectivity index (χ2v) is 3.25. The van der Waals surface area contributed by atoms with Crippen molar-refractivity contribution in [3.8, 4) is 0 Å². The molecule has 0 unspecified atom stereocenters. The van der Waals surface area contributed by atoms with E-state index in [1.807, 2.05) is 19.1 Å². The number of rotatable bonds is 3. The second kappa shape index (κ2) is 3.71. The van der Waals surface area contributed by atoms with Crippen molar-refractivity contribution >= 4 is 5.65 Å². The zero-order valence-corrected chi connectivity index (χ0v) is 8.14. The average molecular weight is 191 g/mol. The molecule has 0 aliphatic rings. The van der Waals surface area contributed by atoms with E-state index in [9.17, 15) is 0 Å². The summed E-state index contributed by atoms with van der Waals surface area (Å²) in [5, 5.41) is 12.4. The maximum atomic E-state index is 5.44. The highest BCUT2D eigenvalue weighted by Gasteiger charge is 2.05. The molecule has 2 rings (SSSR count). The van der Waals surface area contributed by atoms with Crippen LogP contribution in [0.2, 0.25) is 0 Å². The van der Waals surface area contributed by atoms with E-state index in [0.717, 1.165) is 30.0 Å². The molecule has 2 N–H and O–H groups in total. The van der Waals surface area contributed by atoms with Crippen LogP contribution in [0.1, 0.15) is 17.9 Å². The number of fused-ring (bicyclic) bond motifs is 1. The summed E-state index contributed by atoms with van der Waals surface area (Å²) in [6.07, 6.45) is 1.74. The maximum absolute atomic E-state index is 5.44. The minimum Gasteiger partial charge on any atom is -0.330 e. The quantitative estimate of drug-likeness (QED) is 0.758. The highest BCUT2D eigenvalue weighted by molar-refractivity contribution is 5.35. The van der Waals surface area contributed by atoms with Gasteiger partial charge in [0.1, 0.15) is 0 Å². The summed E-state index contributed by atoms with van der Waals surface area (Å²) in [6.45, 7) is 2.62. The van der Waals surface area contributed by atoms with E-state index in [1.54, 1.807) is 4.52 Å². The van der Waals surface area contributed by atoms with Gasteiger partial charge < -0.3 is 5.73 Å². The van der Waals surface area contributed by atoms with Crippen LogP contribution in [0.15, 0.2) is 12.1 Å². The van der Waals surface area contributed by atoms with Crippen LogP contribution < -0.4 is 5.73 Å². The van der Waals surface area contributed by atoms with Gasteiger partial charge in [-0.1, -0.05) is 0 Å². The third-order valence-corrected chi connectivity index (χ3v) is 2.07. The summed E-state index contributed by atoms with van der Waals surface area (Å²) in [5.74, 6) is 0.883. The van der Waals surface area contributed by atoms with Gasteiger partial charge in [-0.05, 0) is 32.0 Å². The van der Waals surface area contributed by atoms with E-state index >= 15 is 0 Å². The number of nitrogens with two attached hydrogens (primary N) is 1. The van der Waals surface area contributed by atoms with Crippen LogP contribution in [-0.4, -0.2) is 26.4 Å². The third-order valence-electron chi connectivity index (χ3n) is 2.07. The normalized spacial score (nSPS) is 11.0. The Balaban J connectivity index is 2.40. The maximum Gasteiger partial charge on any atom is 0.177 e. The van der Waals surface area contributed by atoms with Crippen molar-refractivity contribution in [3.63, 3.8) is 0 Å². The average Bonchev–Trinajstić information content (AvgIpc) is 2.57. The summed E-state index contributed by atoms with van der Waals surface area (Å²) in [4.78, 5) is 0. The zero-order chi connectivity index (χ0) is 9.97. The molecule has 0 fully saturated rings. The summed E-state index contributed by atoms with van der Waals surface area (Å²) >= 11 is 0. The Bertz CT molecular complexity index is 434. The zero-order valence-electron chi connectivity index (χ0n) is 8.14. The summed E-state index contributed by atoms with van der Waals surface area (Å²) < 4.78 is 1.78.